The first-order valence-electron chi connectivity index (χ1n) is 8.30. The number of nitrogens with one attached hydrogen (secondary N) is 2. The molecule has 0 unspecified atom stereocenters. The monoisotopic (exact) mass is 320 g/mol. The van der Waals surface area contributed by atoms with Gasteiger partial charge in [-0.1, -0.05) is 12.1 Å². The maximum Gasteiger partial charge on any atom is 0.255 e. The van der Waals surface area contributed by atoms with E-state index in [1.54, 1.807) is 13.2 Å². The Labute approximate surface area is 138 Å². The van der Waals surface area contributed by atoms with Crippen LogP contribution in [0.25, 0.3) is 0 Å². The van der Waals surface area contributed by atoms with Crippen LogP contribution < -0.4 is 15.4 Å². The van der Waals surface area contributed by atoms with Crippen LogP contribution in [0.2, 0.25) is 0 Å². The largest absolute Gasteiger partial charge is 0.490 e. The fraction of sp³-hybridized carbons (Fsp3) is 0.611. The highest BCUT2D eigenvalue weighted by Gasteiger charge is 2.32. The number of benzene rings is 1. The molecule has 1 fully saturated rings. The SMILES string of the molecule is COCC1(CNC(=O)c2ccccc2OC(C)C)CCNCC1. The van der Waals surface area contributed by atoms with E-state index in [1.807, 2.05) is 32.0 Å². The van der Waals surface area contributed by atoms with Crippen LogP contribution in [0.3, 0.4) is 0 Å². The molecule has 1 aromatic rings. The van der Waals surface area contributed by atoms with E-state index in [4.69, 9.17) is 9.47 Å². The minimum absolute atomic E-state index is 0.0174. The van der Waals surface area contributed by atoms with Gasteiger partial charge < -0.3 is 20.1 Å². The van der Waals surface area contributed by atoms with Crippen molar-refractivity contribution in [3.63, 3.8) is 0 Å². The van der Waals surface area contributed by atoms with E-state index in [0.717, 1.165) is 25.9 Å². The Hall–Kier alpha value is -1.59. The van der Waals surface area contributed by atoms with Crippen molar-refractivity contribution in [3.8, 4) is 5.75 Å². The second kappa shape index (κ2) is 8.31. The van der Waals surface area contributed by atoms with Gasteiger partial charge in [0.15, 0.2) is 0 Å². The van der Waals surface area contributed by atoms with E-state index in [9.17, 15) is 4.79 Å². The highest BCUT2D eigenvalue weighted by Crippen LogP contribution is 2.28. The third kappa shape index (κ3) is 4.94. The van der Waals surface area contributed by atoms with Gasteiger partial charge in [-0.3, -0.25) is 4.79 Å². The Kier molecular flexibility index (Phi) is 6.42. The number of hydrogen-bond acceptors (Lipinski definition) is 4. The van der Waals surface area contributed by atoms with Gasteiger partial charge in [-0.2, -0.15) is 0 Å². The van der Waals surface area contributed by atoms with Gasteiger partial charge in [0.05, 0.1) is 18.3 Å². The molecular formula is C18H28N2O3. The molecule has 1 aromatic carbocycles. The van der Waals surface area contributed by atoms with Gasteiger partial charge in [-0.05, 0) is 51.9 Å². The van der Waals surface area contributed by atoms with Crippen molar-refractivity contribution in [2.75, 3.05) is 33.4 Å². The second-order valence-corrected chi connectivity index (χ2v) is 6.53. The number of carbonyl (C=O) groups is 1. The fourth-order valence-electron chi connectivity index (χ4n) is 3.01. The van der Waals surface area contributed by atoms with Crippen molar-refractivity contribution in [2.45, 2.75) is 32.8 Å². The van der Waals surface area contributed by atoms with Gasteiger partial charge in [0.1, 0.15) is 5.75 Å². The van der Waals surface area contributed by atoms with Crippen LogP contribution in [0.15, 0.2) is 24.3 Å². The van der Waals surface area contributed by atoms with Crippen molar-refractivity contribution >= 4 is 5.91 Å². The van der Waals surface area contributed by atoms with Gasteiger partial charge in [0, 0.05) is 19.1 Å². The molecule has 0 atom stereocenters. The lowest BCUT2D eigenvalue weighted by molar-refractivity contribution is 0.0511. The van der Waals surface area contributed by atoms with E-state index in [2.05, 4.69) is 10.6 Å². The Morgan fingerprint density at radius 3 is 2.65 bits per heavy atom. The lowest BCUT2D eigenvalue weighted by Crippen LogP contribution is -2.47. The Morgan fingerprint density at radius 1 is 1.30 bits per heavy atom. The maximum atomic E-state index is 12.6. The average molecular weight is 320 g/mol. The molecule has 23 heavy (non-hydrogen) atoms. The third-order valence-corrected chi connectivity index (χ3v) is 4.23. The molecule has 1 heterocycles. The lowest BCUT2D eigenvalue weighted by atomic mass is 9.79. The molecule has 1 aliphatic heterocycles. The topological polar surface area (TPSA) is 59.6 Å². The van der Waals surface area contributed by atoms with Crippen molar-refractivity contribution in [1.82, 2.24) is 10.6 Å². The Bertz CT molecular complexity index is 505. The van der Waals surface area contributed by atoms with E-state index in [1.165, 1.54) is 0 Å². The average Bonchev–Trinajstić information content (AvgIpc) is 2.54. The van der Waals surface area contributed by atoms with Crippen LogP contribution in [0.1, 0.15) is 37.0 Å². The van der Waals surface area contributed by atoms with Gasteiger partial charge in [0.25, 0.3) is 5.91 Å². The fourth-order valence-corrected chi connectivity index (χ4v) is 3.01. The Morgan fingerprint density at radius 2 is 2.00 bits per heavy atom. The van der Waals surface area contributed by atoms with Crippen molar-refractivity contribution in [2.24, 2.45) is 5.41 Å². The van der Waals surface area contributed by atoms with E-state index in [0.29, 0.717) is 24.5 Å². The predicted octanol–water partition coefficient (Wildman–Crippen LogP) is 2.22. The molecule has 0 aliphatic carbocycles. The lowest BCUT2D eigenvalue weighted by Gasteiger charge is -2.37. The van der Waals surface area contributed by atoms with Gasteiger partial charge in [-0.15, -0.1) is 0 Å². The van der Waals surface area contributed by atoms with E-state index >= 15 is 0 Å². The molecule has 0 aromatic heterocycles. The van der Waals surface area contributed by atoms with Crippen LogP contribution in [0.4, 0.5) is 0 Å². The summed E-state index contributed by atoms with van der Waals surface area (Å²) in [5.41, 5.74) is 0.603. The highest BCUT2D eigenvalue weighted by atomic mass is 16.5. The number of carbonyl (C=O) groups excluding carboxylic acids is 1. The second-order valence-electron chi connectivity index (χ2n) is 6.53. The molecule has 1 aliphatic rings. The number of para-hydroxylation sites is 1. The first-order valence-corrected chi connectivity index (χ1v) is 8.30. The molecule has 128 valence electrons. The maximum absolute atomic E-state index is 12.6. The van der Waals surface area contributed by atoms with Gasteiger partial charge in [0.2, 0.25) is 0 Å². The van der Waals surface area contributed by atoms with Gasteiger partial charge in [-0.25, -0.2) is 0 Å². The Balaban J connectivity index is 2.03. The molecule has 5 heteroatoms. The minimum atomic E-state index is -0.0877. The van der Waals surface area contributed by atoms with E-state index < -0.39 is 0 Å². The summed E-state index contributed by atoms with van der Waals surface area (Å²) >= 11 is 0. The summed E-state index contributed by atoms with van der Waals surface area (Å²) in [5.74, 6) is 0.543. The zero-order valence-corrected chi connectivity index (χ0v) is 14.4. The summed E-state index contributed by atoms with van der Waals surface area (Å²) in [6, 6.07) is 7.38. The van der Waals surface area contributed by atoms with Crippen molar-refractivity contribution < 1.29 is 14.3 Å². The first-order chi connectivity index (χ1) is 11.1. The molecule has 0 saturated carbocycles. The van der Waals surface area contributed by atoms with Crippen LogP contribution in [-0.2, 0) is 4.74 Å². The molecule has 2 N–H and O–H groups in total. The summed E-state index contributed by atoms with van der Waals surface area (Å²) in [5, 5.41) is 6.44. The number of ether oxygens (including phenoxy) is 2. The highest BCUT2D eigenvalue weighted by molar-refractivity contribution is 5.96. The summed E-state index contributed by atoms with van der Waals surface area (Å²) < 4.78 is 11.1. The van der Waals surface area contributed by atoms with Crippen molar-refractivity contribution in [1.29, 1.82) is 0 Å². The zero-order valence-electron chi connectivity index (χ0n) is 14.4. The van der Waals surface area contributed by atoms with Crippen LogP contribution in [-0.4, -0.2) is 45.4 Å². The van der Waals surface area contributed by atoms with Crippen LogP contribution in [0, 0.1) is 5.41 Å². The summed E-state index contributed by atoms with van der Waals surface area (Å²) in [6.07, 6.45) is 2.05. The predicted molar refractivity (Wildman–Crippen MR) is 91.0 cm³/mol. The van der Waals surface area contributed by atoms with Gasteiger partial charge >= 0.3 is 0 Å². The van der Waals surface area contributed by atoms with Crippen LogP contribution >= 0.6 is 0 Å². The minimum Gasteiger partial charge on any atom is -0.490 e. The number of piperidine rings is 1. The molecule has 0 radical (unpaired) electrons. The molecule has 5 nitrogen and oxygen atoms in total. The van der Waals surface area contributed by atoms with Crippen molar-refractivity contribution in [3.05, 3.63) is 29.8 Å². The zero-order chi connectivity index (χ0) is 16.7. The summed E-state index contributed by atoms with van der Waals surface area (Å²) in [7, 11) is 1.72. The standard InChI is InChI=1S/C18H28N2O3/c1-14(2)23-16-7-5-4-6-15(16)17(21)20-12-18(13-22-3)8-10-19-11-9-18/h4-7,14,19H,8-13H2,1-3H3,(H,20,21). The van der Waals surface area contributed by atoms with E-state index in [-0.39, 0.29) is 17.4 Å². The summed E-state index contributed by atoms with van der Waals surface area (Å²) in [4.78, 5) is 12.6. The molecule has 1 amide bonds. The number of hydrogen-bond donors (Lipinski definition) is 2. The number of methoxy groups -OCH3 is 1. The molecule has 0 bridgehead atoms. The quantitative estimate of drug-likeness (QED) is 0.809. The third-order valence-electron chi connectivity index (χ3n) is 4.23. The normalized spacial score (nSPS) is 17.0. The summed E-state index contributed by atoms with van der Waals surface area (Å²) in [6.45, 7) is 7.13. The first kappa shape index (κ1) is 17.8. The molecule has 1 saturated heterocycles. The molecule has 0 spiro atoms. The van der Waals surface area contributed by atoms with Crippen LogP contribution in [0.5, 0.6) is 5.75 Å². The smallest absolute Gasteiger partial charge is 0.255 e. The molecule has 2 rings (SSSR count). The molecular weight excluding hydrogens is 292 g/mol. The number of rotatable bonds is 7. The number of amides is 1.